The molecule has 1 N–H and O–H groups in total. The summed E-state index contributed by atoms with van der Waals surface area (Å²) in [7, 11) is 0. The normalized spacial score (nSPS) is 13.9. The van der Waals surface area contributed by atoms with Crippen LogP contribution in [0.5, 0.6) is 11.5 Å². The Hall–Kier alpha value is -3.35. The fourth-order valence-corrected chi connectivity index (χ4v) is 2.41. The molecule has 140 valence electrons. The van der Waals surface area contributed by atoms with E-state index in [0.29, 0.717) is 36.0 Å². The van der Waals surface area contributed by atoms with Crippen LogP contribution in [0.3, 0.4) is 0 Å². The van der Waals surface area contributed by atoms with Crippen LogP contribution < -0.4 is 14.8 Å². The van der Waals surface area contributed by atoms with Crippen LogP contribution in [0.4, 0.5) is 10.1 Å². The van der Waals surface area contributed by atoms with Crippen molar-refractivity contribution >= 4 is 23.6 Å². The first kappa shape index (κ1) is 18.4. The summed E-state index contributed by atoms with van der Waals surface area (Å²) >= 11 is 0. The van der Waals surface area contributed by atoms with E-state index in [-0.39, 0.29) is 0 Å². The Morgan fingerprint density at radius 2 is 1.93 bits per heavy atom. The van der Waals surface area contributed by atoms with Gasteiger partial charge >= 0.3 is 5.97 Å². The van der Waals surface area contributed by atoms with Crippen LogP contribution in [-0.2, 0) is 14.3 Å². The number of nitrogens with one attached hydrogen (secondary N) is 1. The molecule has 2 aromatic carbocycles. The van der Waals surface area contributed by atoms with E-state index in [2.05, 4.69) is 5.32 Å². The first-order valence-electron chi connectivity index (χ1n) is 8.36. The van der Waals surface area contributed by atoms with Crippen molar-refractivity contribution in [3.05, 3.63) is 59.9 Å². The van der Waals surface area contributed by atoms with Crippen LogP contribution in [0.15, 0.2) is 48.5 Å². The summed E-state index contributed by atoms with van der Waals surface area (Å²) in [6.07, 6.45) is 1.54. The maximum Gasteiger partial charge on any atom is 0.331 e. The van der Waals surface area contributed by atoms with E-state index in [1.54, 1.807) is 24.3 Å². The fourth-order valence-electron chi connectivity index (χ4n) is 2.41. The van der Waals surface area contributed by atoms with Gasteiger partial charge in [0.05, 0.1) is 0 Å². The van der Waals surface area contributed by atoms with Crippen LogP contribution in [-0.4, -0.2) is 31.2 Å². The van der Waals surface area contributed by atoms with Gasteiger partial charge in [-0.05, 0) is 42.8 Å². The Bertz CT molecular complexity index is 880. The number of amides is 1. The molecule has 0 saturated heterocycles. The van der Waals surface area contributed by atoms with Crippen molar-refractivity contribution in [3.8, 4) is 11.5 Å². The van der Waals surface area contributed by atoms with E-state index in [9.17, 15) is 14.0 Å². The minimum absolute atomic E-state index is 0.405. The number of esters is 1. The predicted molar refractivity (Wildman–Crippen MR) is 97.0 cm³/mol. The molecule has 0 unspecified atom stereocenters. The lowest BCUT2D eigenvalue weighted by Gasteiger charge is -2.19. The molecule has 0 aliphatic carbocycles. The van der Waals surface area contributed by atoms with Gasteiger partial charge < -0.3 is 19.5 Å². The van der Waals surface area contributed by atoms with Crippen molar-refractivity contribution < 1.29 is 28.2 Å². The molecule has 0 radical (unpaired) electrons. The van der Waals surface area contributed by atoms with Crippen LogP contribution >= 0.6 is 0 Å². The summed E-state index contributed by atoms with van der Waals surface area (Å²) < 4.78 is 29.0. The quantitative estimate of drug-likeness (QED) is 0.646. The van der Waals surface area contributed by atoms with Gasteiger partial charge in [-0.1, -0.05) is 12.1 Å². The molecule has 1 heterocycles. The zero-order chi connectivity index (χ0) is 19.2. The molecule has 0 spiro atoms. The molecule has 2 aromatic rings. The van der Waals surface area contributed by atoms with Crippen molar-refractivity contribution in [2.24, 2.45) is 0 Å². The molecule has 0 aromatic heterocycles. The molecule has 0 fully saturated rings. The first-order valence-corrected chi connectivity index (χ1v) is 8.36. The molecule has 1 amide bonds. The Labute approximate surface area is 155 Å². The first-order chi connectivity index (χ1) is 13.0. The second-order valence-corrected chi connectivity index (χ2v) is 5.82. The molecule has 0 saturated carbocycles. The molecule has 3 rings (SSSR count). The van der Waals surface area contributed by atoms with Crippen LogP contribution in [0.1, 0.15) is 12.5 Å². The average Bonchev–Trinajstić information content (AvgIpc) is 2.66. The molecule has 0 bridgehead atoms. The third-order valence-electron chi connectivity index (χ3n) is 3.73. The zero-order valence-electron chi connectivity index (χ0n) is 14.6. The number of carbonyl (C=O) groups excluding carboxylic acids is 2. The Morgan fingerprint density at radius 3 is 2.70 bits per heavy atom. The van der Waals surface area contributed by atoms with Gasteiger partial charge in [-0.2, -0.15) is 0 Å². The van der Waals surface area contributed by atoms with Crippen molar-refractivity contribution in [3.63, 3.8) is 0 Å². The molecule has 1 aliphatic rings. The summed E-state index contributed by atoms with van der Waals surface area (Å²) in [5.74, 6) is -0.441. The molecule has 1 aliphatic heterocycles. The van der Waals surface area contributed by atoms with Gasteiger partial charge in [0.15, 0.2) is 17.6 Å². The monoisotopic (exact) mass is 371 g/mol. The number of fused-ring (bicyclic) bond motifs is 1. The smallest absolute Gasteiger partial charge is 0.331 e. The number of rotatable bonds is 5. The lowest BCUT2D eigenvalue weighted by Crippen LogP contribution is -2.29. The van der Waals surface area contributed by atoms with E-state index in [0.717, 1.165) is 6.08 Å². The summed E-state index contributed by atoms with van der Waals surface area (Å²) in [5, 5.41) is 2.65. The van der Waals surface area contributed by atoms with Crippen molar-refractivity contribution in [1.82, 2.24) is 0 Å². The number of hydrogen-bond donors (Lipinski definition) is 1. The SMILES string of the molecule is C[C@H](OC(=O)/C=C/c1cccc(F)c1)C(=O)Nc1ccc2c(c1)OCCO2. The largest absolute Gasteiger partial charge is 0.486 e. The highest BCUT2D eigenvalue weighted by molar-refractivity contribution is 5.96. The topological polar surface area (TPSA) is 73.9 Å². The number of anilines is 1. The van der Waals surface area contributed by atoms with Gasteiger partial charge in [-0.3, -0.25) is 4.79 Å². The minimum Gasteiger partial charge on any atom is -0.486 e. The highest BCUT2D eigenvalue weighted by Crippen LogP contribution is 2.32. The van der Waals surface area contributed by atoms with Gasteiger partial charge in [0, 0.05) is 17.8 Å². The fraction of sp³-hybridized carbons (Fsp3) is 0.200. The van der Waals surface area contributed by atoms with E-state index in [1.807, 2.05) is 0 Å². The summed E-state index contributed by atoms with van der Waals surface area (Å²) in [6.45, 7) is 2.38. The van der Waals surface area contributed by atoms with E-state index in [4.69, 9.17) is 14.2 Å². The highest BCUT2D eigenvalue weighted by atomic mass is 19.1. The Morgan fingerprint density at radius 1 is 1.15 bits per heavy atom. The van der Waals surface area contributed by atoms with Gasteiger partial charge in [-0.25, -0.2) is 9.18 Å². The lowest BCUT2D eigenvalue weighted by atomic mass is 10.2. The number of hydrogen-bond acceptors (Lipinski definition) is 5. The van der Waals surface area contributed by atoms with Gasteiger partial charge in [-0.15, -0.1) is 0 Å². The molecule has 7 heteroatoms. The third kappa shape index (κ3) is 5.07. The lowest BCUT2D eigenvalue weighted by molar-refractivity contribution is -0.148. The molecule has 6 nitrogen and oxygen atoms in total. The van der Waals surface area contributed by atoms with Crippen molar-refractivity contribution in [1.29, 1.82) is 0 Å². The molecule has 27 heavy (non-hydrogen) atoms. The van der Waals surface area contributed by atoms with Crippen molar-refractivity contribution in [2.75, 3.05) is 18.5 Å². The van der Waals surface area contributed by atoms with E-state index in [1.165, 1.54) is 31.2 Å². The second kappa shape index (κ2) is 8.35. The van der Waals surface area contributed by atoms with E-state index >= 15 is 0 Å². The Balaban J connectivity index is 1.55. The number of halogens is 1. The maximum absolute atomic E-state index is 13.1. The zero-order valence-corrected chi connectivity index (χ0v) is 14.6. The highest BCUT2D eigenvalue weighted by Gasteiger charge is 2.18. The Kier molecular flexibility index (Phi) is 5.71. The van der Waals surface area contributed by atoms with Crippen LogP contribution in [0, 0.1) is 5.82 Å². The number of carbonyl (C=O) groups is 2. The van der Waals surface area contributed by atoms with Crippen molar-refractivity contribution in [2.45, 2.75) is 13.0 Å². The summed E-state index contributed by atoms with van der Waals surface area (Å²) in [4.78, 5) is 24.0. The van der Waals surface area contributed by atoms with Gasteiger partial charge in [0.25, 0.3) is 5.91 Å². The maximum atomic E-state index is 13.1. The van der Waals surface area contributed by atoms with Crippen LogP contribution in [0.2, 0.25) is 0 Å². The predicted octanol–water partition coefficient (Wildman–Crippen LogP) is 3.18. The second-order valence-electron chi connectivity index (χ2n) is 5.82. The summed E-state index contributed by atoms with van der Waals surface area (Å²) in [5.41, 5.74) is 1.02. The average molecular weight is 371 g/mol. The summed E-state index contributed by atoms with van der Waals surface area (Å²) in [6, 6.07) is 10.8. The van der Waals surface area contributed by atoms with Crippen LogP contribution in [0.25, 0.3) is 6.08 Å². The number of benzene rings is 2. The standard InChI is InChI=1S/C20H18FNO5/c1-13(27-19(23)8-5-14-3-2-4-15(21)11-14)20(24)22-16-6-7-17-18(12-16)26-10-9-25-17/h2-8,11-13H,9-10H2,1H3,(H,22,24)/b8-5+/t13-/m0/s1. The number of ether oxygens (including phenoxy) is 3. The van der Waals surface area contributed by atoms with Gasteiger partial charge in [0.2, 0.25) is 0 Å². The molecule has 1 atom stereocenters. The molecular weight excluding hydrogens is 353 g/mol. The third-order valence-corrected chi connectivity index (χ3v) is 3.73. The van der Waals surface area contributed by atoms with E-state index < -0.39 is 23.8 Å². The van der Waals surface area contributed by atoms with Gasteiger partial charge in [0.1, 0.15) is 19.0 Å². The minimum atomic E-state index is -1.01. The molecular formula is C20H18FNO5.